The minimum Gasteiger partial charge on any atom is -0.290 e. The number of hydrogen-bond donors (Lipinski definition) is 0. The molecule has 9 rings (SSSR count). The minimum atomic E-state index is 0.943. The highest BCUT2D eigenvalue weighted by atomic mass is 15.0. The number of benzene rings is 3. The Bertz CT molecular complexity index is 2070. The lowest BCUT2D eigenvalue weighted by Gasteiger charge is -2.09. The van der Waals surface area contributed by atoms with Crippen LogP contribution in [-0.2, 0) is 12.8 Å². The first-order chi connectivity index (χ1) is 17.3. The second-order valence-electron chi connectivity index (χ2n) is 9.70. The van der Waals surface area contributed by atoms with E-state index in [1.807, 2.05) is 24.7 Å². The topological polar surface area (TPSA) is 43.1 Å². The largest absolute Gasteiger partial charge is 0.290 e. The van der Waals surface area contributed by atoms with Crippen LogP contribution in [-0.4, -0.2) is 19.4 Å². The molecule has 2 aliphatic rings. The van der Waals surface area contributed by atoms with Crippen LogP contribution < -0.4 is 0 Å². The molecular formula is C31H18N4. The molecule has 3 aromatic carbocycles. The predicted molar refractivity (Wildman–Crippen MR) is 140 cm³/mol. The molecule has 0 unspecified atom stereocenters. The second-order valence-corrected chi connectivity index (χ2v) is 9.70. The lowest BCUT2D eigenvalue weighted by molar-refractivity contribution is 1.23. The van der Waals surface area contributed by atoms with Crippen molar-refractivity contribution in [3.63, 3.8) is 0 Å². The van der Waals surface area contributed by atoms with Crippen LogP contribution in [0.15, 0.2) is 85.3 Å². The Morgan fingerprint density at radius 1 is 0.686 bits per heavy atom. The molecule has 7 aromatic rings. The molecule has 0 radical (unpaired) electrons. The first kappa shape index (κ1) is 17.8. The van der Waals surface area contributed by atoms with Crippen LogP contribution in [0.2, 0.25) is 0 Å². The molecular weight excluding hydrogens is 428 g/mol. The molecule has 0 aliphatic heterocycles. The van der Waals surface area contributed by atoms with E-state index >= 15 is 0 Å². The molecule has 0 fully saturated rings. The van der Waals surface area contributed by atoms with Gasteiger partial charge in [0.15, 0.2) is 0 Å². The Labute approximate surface area is 200 Å². The highest BCUT2D eigenvalue weighted by molar-refractivity contribution is 6.12. The Morgan fingerprint density at radius 3 is 2.66 bits per heavy atom. The van der Waals surface area contributed by atoms with E-state index < -0.39 is 0 Å². The summed E-state index contributed by atoms with van der Waals surface area (Å²) in [6.07, 6.45) is 7.59. The summed E-state index contributed by atoms with van der Waals surface area (Å²) in [4.78, 5) is 14.3. The van der Waals surface area contributed by atoms with E-state index in [-0.39, 0.29) is 0 Å². The smallest absolute Gasteiger partial charge is 0.148 e. The number of pyridine rings is 3. The fourth-order valence-corrected chi connectivity index (χ4v) is 6.48. The van der Waals surface area contributed by atoms with Crippen LogP contribution in [0.3, 0.4) is 0 Å². The highest BCUT2D eigenvalue weighted by Gasteiger charge is 2.29. The Kier molecular flexibility index (Phi) is 3.11. The van der Waals surface area contributed by atoms with Crippen LogP contribution >= 0.6 is 0 Å². The van der Waals surface area contributed by atoms with Crippen molar-refractivity contribution in [2.75, 3.05) is 0 Å². The zero-order valence-electron chi connectivity index (χ0n) is 18.8. The van der Waals surface area contributed by atoms with Gasteiger partial charge < -0.3 is 0 Å². The van der Waals surface area contributed by atoms with Gasteiger partial charge in [0.05, 0.1) is 28.3 Å². The SMILES string of the molecule is c1ccc2c(c1)Cc1c-2ccc2c1-c1cc3nc4c5cccnc5c5ccncc5n4c3cc1C2. The van der Waals surface area contributed by atoms with E-state index in [4.69, 9.17) is 9.97 Å². The van der Waals surface area contributed by atoms with Crippen molar-refractivity contribution < 1.29 is 0 Å². The molecule has 0 bridgehead atoms. The van der Waals surface area contributed by atoms with E-state index in [2.05, 4.69) is 70.0 Å². The van der Waals surface area contributed by atoms with E-state index in [1.165, 1.54) is 44.5 Å². The molecule has 0 atom stereocenters. The Balaban J connectivity index is 1.38. The van der Waals surface area contributed by atoms with Gasteiger partial charge in [-0.1, -0.05) is 36.4 Å². The summed E-state index contributed by atoms with van der Waals surface area (Å²) in [5, 5.41) is 2.17. The standard InChI is InChI=1S/C31H18N4/c1-2-5-20-17(4-1)13-25-21(20)8-7-18-12-19-14-27-26(15-24(19)29(18)25)34-31-23-6-3-10-33-30(23)22-9-11-32-16-28(22)35(27)31/h1-11,14-16H,12-13H2. The minimum absolute atomic E-state index is 0.943. The normalized spacial score (nSPS) is 13.5. The zero-order valence-corrected chi connectivity index (χ0v) is 18.8. The van der Waals surface area contributed by atoms with Gasteiger partial charge in [-0.2, -0.15) is 0 Å². The van der Waals surface area contributed by atoms with Crippen molar-refractivity contribution in [1.29, 1.82) is 0 Å². The Morgan fingerprint density at radius 2 is 1.66 bits per heavy atom. The fraction of sp³-hybridized carbons (Fsp3) is 0.0645. The van der Waals surface area contributed by atoms with Gasteiger partial charge in [0, 0.05) is 23.2 Å². The van der Waals surface area contributed by atoms with Gasteiger partial charge >= 0.3 is 0 Å². The number of hydrogen-bond acceptors (Lipinski definition) is 3. The van der Waals surface area contributed by atoms with E-state index in [1.54, 1.807) is 0 Å². The van der Waals surface area contributed by atoms with Crippen LogP contribution in [0.25, 0.3) is 60.7 Å². The average molecular weight is 447 g/mol. The summed E-state index contributed by atoms with van der Waals surface area (Å²) >= 11 is 0. The molecule has 0 amide bonds. The molecule has 4 nitrogen and oxygen atoms in total. The van der Waals surface area contributed by atoms with E-state index in [9.17, 15) is 0 Å². The van der Waals surface area contributed by atoms with Crippen LogP contribution in [0, 0.1) is 0 Å². The van der Waals surface area contributed by atoms with Crippen molar-refractivity contribution in [2.24, 2.45) is 0 Å². The molecule has 0 saturated heterocycles. The maximum Gasteiger partial charge on any atom is 0.148 e. The zero-order chi connectivity index (χ0) is 22.7. The van der Waals surface area contributed by atoms with Crippen molar-refractivity contribution in [3.8, 4) is 22.3 Å². The molecule has 162 valence electrons. The summed E-state index contributed by atoms with van der Waals surface area (Å²) in [5.41, 5.74) is 16.3. The van der Waals surface area contributed by atoms with Crippen molar-refractivity contribution >= 4 is 38.5 Å². The molecule has 35 heavy (non-hydrogen) atoms. The summed E-state index contributed by atoms with van der Waals surface area (Å²) in [6.45, 7) is 0. The summed E-state index contributed by atoms with van der Waals surface area (Å²) in [5.74, 6) is 0. The molecule has 0 saturated carbocycles. The number of imidazole rings is 1. The lowest BCUT2D eigenvalue weighted by Crippen LogP contribution is -1.93. The van der Waals surface area contributed by atoms with Gasteiger partial charge in [0.25, 0.3) is 0 Å². The average Bonchev–Trinajstić information content (AvgIpc) is 3.58. The third kappa shape index (κ3) is 2.15. The van der Waals surface area contributed by atoms with E-state index in [0.29, 0.717) is 0 Å². The monoisotopic (exact) mass is 446 g/mol. The van der Waals surface area contributed by atoms with Gasteiger partial charge in [-0.3, -0.25) is 14.4 Å². The van der Waals surface area contributed by atoms with Gasteiger partial charge in [0.2, 0.25) is 0 Å². The molecule has 0 N–H and O–H groups in total. The van der Waals surface area contributed by atoms with Crippen molar-refractivity contribution in [2.45, 2.75) is 12.8 Å². The molecule has 0 spiro atoms. The van der Waals surface area contributed by atoms with Gasteiger partial charge in [-0.25, -0.2) is 4.98 Å². The van der Waals surface area contributed by atoms with Crippen LogP contribution in [0.5, 0.6) is 0 Å². The second kappa shape index (κ2) is 6.10. The predicted octanol–water partition coefficient (Wildman–Crippen LogP) is 6.73. The molecule has 4 aromatic heterocycles. The number of aromatic nitrogens is 4. The maximum absolute atomic E-state index is 5.17. The summed E-state index contributed by atoms with van der Waals surface area (Å²) < 4.78 is 2.27. The summed E-state index contributed by atoms with van der Waals surface area (Å²) in [6, 6.07) is 24.3. The first-order valence-corrected chi connectivity index (χ1v) is 12.0. The molecule has 4 heteroatoms. The van der Waals surface area contributed by atoms with Crippen molar-refractivity contribution in [1.82, 2.24) is 19.4 Å². The number of fused-ring (bicyclic) bond motifs is 15. The van der Waals surface area contributed by atoms with Crippen LogP contribution in [0.1, 0.15) is 22.3 Å². The molecule has 4 heterocycles. The number of nitrogens with zero attached hydrogens (tertiary/aromatic N) is 4. The van der Waals surface area contributed by atoms with Crippen LogP contribution in [0.4, 0.5) is 0 Å². The first-order valence-electron chi connectivity index (χ1n) is 12.0. The lowest BCUT2D eigenvalue weighted by atomic mass is 9.95. The highest BCUT2D eigenvalue weighted by Crippen LogP contribution is 2.48. The third-order valence-corrected chi connectivity index (χ3v) is 7.95. The Hall–Kier alpha value is -4.57. The van der Waals surface area contributed by atoms with Gasteiger partial charge in [-0.15, -0.1) is 0 Å². The number of rotatable bonds is 0. The van der Waals surface area contributed by atoms with E-state index in [0.717, 1.165) is 51.3 Å². The van der Waals surface area contributed by atoms with Gasteiger partial charge in [0.1, 0.15) is 5.65 Å². The molecule has 2 aliphatic carbocycles. The third-order valence-electron chi connectivity index (χ3n) is 7.95. The fourth-order valence-electron chi connectivity index (χ4n) is 6.48. The maximum atomic E-state index is 5.17. The van der Waals surface area contributed by atoms with Gasteiger partial charge in [-0.05, 0) is 87.7 Å². The van der Waals surface area contributed by atoms with Crippen molar-refractivity contribution in [3.05, 3.63) is 108 Å². The quantitative estimate of drug-likeness (QED) is 0.243. The summed E-state index contributed by atoms with van der Waals surface area (Å²) in [7, 11) is 0.